The zero-order valence-electron chi connectivity index (χ0n) is 12.2. The van der Waals surface area contributed by atoms with Crippen LogP contribution >= 0.6 is 0 Å². The van der Waals surface area contributed by atoms with Crippen LogP contribution in [0.4, 0.5) is 13.2 Å². The predicted octanol–water partition coefficient (Wildman–Crippen LogP) is 4.89. The second-order valence-corrected chi connectivity index (χ2v) is 4.89. The molecule has 0 aromatic heterocycles. The average Bonchev–Trinajstić information content (AvgIpc) is 2.55. The van der Waals surface area contributed by atoms with Gasteiger partial charge in [-0.1, -0.05) is 42.5 Å². The number of hydrogen-bond donors (Lipinski definition) is 0. The van der Waals surface area contributed by atoms with Gasteiger partial charge >= 0.3 is 6.18 Å². The first kappa shape index (κ1) is 16.5. The number of hydrogen-bond acceptors (Lipinski definition) is 2. The zero-order valence-corrected chi connectivity index (χ0v) is 12.2. The summed E-state index contributed by atoms with van der Waals surface area (Å²) in [6.07, 6.45) is -4.48. The Hall–Kier alpha value is -2.87. The number of halogens is 3. The Morgan fingerprint density at radius 3 is 2.17 bits per heavy atom. The van der Waals surface area contributed by atoms with Crippen molar-refractivity contribution in [2.75, 3.05) is 0 Å². The van der Waals surface area contributed by atoms with Gasteiger partial charge in [0, 0.05) is 5.56 Å². The van der Waals surface area contributed by atoms with E-state index in [0.29, 0.717) is 5.56 Å². The Balaban J connectivity index is 2.51. The molecule has 0 heterocycles. The van der Waals surface area contributed by atoms with Crippen LogP contribution < -0.4 is 0 Å². The fraction of sp³-hybridized carbons (Fsp3) is 0.111. The standard InChI is InChI=1S/C18H12F3NO/c1-12(14-8-5-9-15(10-14)18(19,20)21)16(11-22)17(23)13-6-3-2-4-7-13/h2-10H,1H3/b16-12-. The molecule has 2 nitrogen and oxygen atoms in total. The molecule has 0 aliphatic carbocycles. The molecule has 0 aliphatic heterocycles. The molecule has 0 aliphatic rings. The number of Topliss-reactive ketones (excluding diaryl/α,β-unsaturated/α-hetero) is 1. The molecule has 0 spiro atoms. The second-order valence-electron chi connectivity index (χ2n) is 4.89. The maximum atomic E-state index is 12.8. The van der Waals surface area contributed by atoms with E-state index in [4.69, 9.17) is 0 Å². The monoisotopic (exact) mass is 315 g/mol. The van der Waals surface area contributed by atoms with Crippen LogP contribution in [0.1, 0.15) is 28.4 Å². The van der Waals surface area contributed by atoms with Crippen molar-refractivity contribution < 1.29 is 18.0 Å². The summed E-state index contributed by atoms with van der Waals surface area (Å²) in [4.78, 5) is 12.4. The molecule has 0 atom stereocenters. The number of nitriles is 1. The molecule has 2 aromatic rings. The van der Waals surface area contributed by atoms with Gasteiger partial charge in [-0.3, -0.25) is 4.79 Å². The fourth-order valence-corrected chi connectivity index (χ4v) is 2.11. The van der Waals surface area contributed by atoms with Crippen LogP contribution in [0.3, 0.4) is 0 Å². The van der Waals surface area contributed by atoms with Gasteiger partial charge in [-0.05, 0) is 30.2 Å². The highest BCUT2D eigenvalue weighted by Crippen LogP contribution is 2.31. The van der Waals surface area contributed by atoms with E-state index in [1.165, 1.54) is 19.1 Å². The molecule has 5 heteroatoms. The lowest BCUT2D eigenvalue weighted by Crippen LogP contribution is -2.07. The number of benzene rings is 2. The van der Waals surface area contributed by atoms with Crippen molar-refractivity contribution >= 4 is 11.4 Å². The van der Waals surface area contributed by atoms with Crippen LogP contribution in [0, 0.1) is 11.3 Å². The number of carbonyl (C=O) groups is 1. The molecule has 0 N–H and O–H groups in total. The normalized spacial score (nSPS) is 12.3. The van der Waals surface area contributed by atoms with Gasteiger partial charge in [0.25, 0.3) is 0 Å². The van der Waals surface area contributed by atoms with Gasteiger partial charge in [0.1, 0.15) is 11.6 Å². The van der Waals surface area contributed by atoms with Gasteiger partial charge in [-0.15, -0.1) is 0 Å². The molecule has 0 radical (unpaired) electrons. The summed E-state index contributed by atoms with van der Waals surface area (Å²) in [5, 5.41) is 9.27. The molecule has 0 saturated heterocycles. The Morgan fingerprint density at radius 2 is 1.61 bits per heavy atom. The van der Waals surface area contributed by atoms with Crippen LogP contribution in [-0.4, -0.2) is 5.78 Å². The molecule has 2 rings (SSSR count). The number of alkyl halides is 3. The summed E-state index contributed by atoms with van der Waals surface area (Å²) in [5.41, 5.74) is -0.266. The van der Waals surface area contributed by atoms with Crippen molar-refractivity contribution in [3.8, 4) is 6.07 Å². The molecular formula is C18H12F3NO. The minimum absolute atomic E-state index is 0.171. The van der Waals surface area contributed by atoms with Gasteiger partial charge in [0.05, 0.1) is 5.56 Å². The molecule has 0 fully saturated rings. The highest BCUT2D eigenvalue weighted by atomic mass is 19.4. The third-order valence-corrected chi connectivity index (χ3v) is 3.37. The van der Waals surface area contributed by atoms with Crippen LogP contribution in [0.2, 0.25) is 0 Å². The quantitative estimate of drug-likeness (QED) is 0.460. The molecule has 116 valence electrons. The average molecular weight is 315 g/mol. The SMILES string of the molecule is C/C(=C(\C#N)C(=O)c1ccccc1)c1cccc(C(F)(F)F)c1. The summed E-state index contributed by atoms with van der Waals surface area (Å²) >= 11 is 0. The first-order valence-electron chi connectivity index (χ1n) is 6.73. The summed E-state index contributed by atoms with van der Waals surface area (Å²) in [7, 11) is 0. The highest BCUT2D eigenvalue weighted by molar-refractivity contribution is 6.15. The Kier molecular flexibility index (Phi) is 4.65. The third-order valence-electron chi connectivity index (χ3n) is 3.37. The van der Waals surface area contributed by atoms with Gasteiger partial charge < -0.3 is 0 Å². The van der Waals surface area contributed by atoms with E-state index in [-0.39, 0.29) is 16.7 Å². The smallest absolute Gasteiger partial charge is 0.288 e. The molecule has 23 heavy (non-hydrogen) atoms. The number of carbonyl (C=O) groups excluding carboxylic acids is 1. The molecule has 0 saturated carbocycles. The maximum absolute atomic E-state index is 12.8. The lowest BCUT2D eigenvalue weighted by molar-refractivity contribution is -0.137. The highest BCUT2D eigenvalue weighted by Gasteiger charge is 2.30. The van der Waals surface area contributed by atoms with Crippen LogP contribution in [0.5, 0.6) is 0 Å². The van der Waals surface area contributed by atoms with Crippen molar-refractivity contribution in [1.82, 2.24) is 0 Å². The third kappa shape index (κ3) is 3.67. The van der Waals surface area contributed by atoms with E-state index in [2.05, 4.69) is 0 Å². The lowest BCUT2D eigenvalue weighted by atomic mass is 9.95. The van der Waals surface area contributed by atoms with E-state index in [1.54, 1.807) is 36.4 Å². The largest absolute Gasteiger partial charge is 0.416 e. The molecule has 0 amide bonds. The Labute approximate surface area is 131 Å². The summed E-state index contributed by atoms with van der Waals surface area (Å²) in [5.74, 6) is -0.511. The van der Waals surface area contributed by atoms with Crippen molar-refractivity contribution in [2.24, 2.45) is 0 Å². The van der Waals surface area contributed by atoms with Crippen molar-refractivity contribution in [1.29, 1.82) is 5.26 Å². The minimum atomic E-state index is -4.48. The Bertz CT molecular complexity index is 799. The molecular weight excluding hydrogens is 303 g/mol. The summed E-state index contributed by atoms with van der Waals surface area (Å²) in [6, 6.07) is 14.5. The zero-order chi connectivity index (χ0) is 17.0. The van der Waals surface area contributed by atoms with E-state index >= 15 is 0 Å². The van der Waals surface area contributed by atoms with Gasteiger partial charge in [-0.2, -0.15) is 18.4 Å². The van der Waals surface area contributed by atoms with Gasteiger partial charge in [0.2, 0.25) is 5.78 Å². The van der Waals surface area contributed by atoms with Crippen molar-refractivity contribution in [3.63, 3.8) is 0 Å². The van der Waals surface area contributed by atoms with E-state index < -0.39 is 17.5 Å². The van der Waals surface area contributed by atoms with Crippen LogP contribution in [0.15, 0.2) is 60.2 Å². The second kappa shape index (κ2) is 6.49. The number of allylic oxidation sites excluding steroid dienone is 2. The summed E-state index contributed by atoms with van der Waals surface area (Å²) in [6.45, 7) is 1.47. The maximum Gasteiger partial charge on any atom is 0.416 e. The van der Waals surface area contributed by atoms with Crippen LogP contribution in [0.25, 0.3) is 5.57 Å². The molecule has 2 aromatic carbocycles. The van der Waals surface area contributed by atoms with E-state index in [9.17, 15) is 23.2 Å². The number of ketones is 1. The van der Waals surface area contributed by atoms with E-state index in [1.807, 2.05) is 0 Å². The van der Waals surface area contributed by atoms with Crippen molar-refractivity contribution in [2.45, 2.75) is 13.1 Å². The van der Waals surface area contributed by atoms with E-state index in [0.717, 1.165) is 12.1 Å². The predicted molar refractivity (Wildman–Crippen MR) is 80.4 cm³/mol. The topological polar surface area (TPSA) is 40.9 Å². The summed E-state index contributed by atoms with van der Waals surface area (Å²) < 4.78 is 38.4. The van der Waals surface area contributed by atoms with Gasteiger partial charge in [0.15, 0.2) is 0 Å². The number of nitrogens with zero attached hydrogens (tertiary/aromatic N) is 1. The first-order chi connectivity index (χ1) is 10.8. The fourth-order valence-electron chi connectivity index (χ4n) is 2.11. The first-order valence-corrected chi connectivity index (χ1v) is 6.73. The Morgan fingerprint density at radius 1 is 1.00 bits per heavy atom. The lowest BCUT2D eigenvalue weighted by Gasteiger charge is -2.10. The van der Waals surface area contributed by atoms with Crippen LogP contribution in [-0.2, 0) is 6.18 Å². The number of rotatable bonds is 3. The van der Waals surface area contributed by atoms with Crippen molar-refractivity contribution in [3.05, 3.63) is 76.9 Å². The minimum Gasteiger partial charge on any atom is -0.288 e. The molecule has 0 unspecified atom stereocenters. The van der Waals surface area contributed by atoms with Gasteiger partial charge in [-0.25, -0.2) is 0 Å². The molecule has 0 bridgehead atoms.